The molecule has 49 heavy (non-hydrogen) atoms. The van der Waals surface area contributed by atoms with E-state index in [0.29, 0.717) is 0 Å². The third kappa shape index (κ3) is 6.13. The van der Waals surface area contributed by atoms with E-state index in [1.165, 1.54) is 77.9 Å². The second-order valence-electron chi connectivity index (χ2n) is 16.9. The zero-order valence-electron chi connectivity index (χ0n) is 31.6. The molecule has 0 nitrogen and oxygen atoms in total. The van der Waals surface area contributed by atoms with Crippen LogP contribution in [-0.2, 0) is 27.2 Å². The van der Waals surface area contributed by atoms with Gasteiger partial charge in [-0.05, 0) is 0 Å². The molecule has 2 unspecified atom stereocenters. The van der Waals surface area contributed by atoms with Crippen LogP contribution in [0, 0.1) is 13.8 Å². The number of halogens is 2. The summed E-state index contributed by atoms with van der Waals surface area (Å²) in [4.78, 5) is 0. The van der Waals surface area contributed by atoms with Gasteiger partial charge in [-0.3, -0.25) is 0 Å². The molecular formula is C46H55Cl2Zr. The molecule has 2 aliphatic carbocycles. The van der Waals surface area contributed by atoms with E-state index >= 15 is 0 Å². The van der Waals surface area contributed by atoms with Gasteiger partial charge in [-0.25, -0.2) is 0 Å². The van der Waals surface area contributed by atoms with Crippen LogP contribution in [0.2, 0.25) is 4.13 Å². The average Bonchev–Trinajstić information content (AvgIpc) is 3.67. The summed E-state index contributed by atoms with van der Waals surface area (Å²) >= 11 is -4.88. The Morgan fingerprint density at radius 1 is 0.531 bits per heavy atom. The molecule has 0 saturated heterocycles. The molecule has 0 aliphatic heterocycles. The molecule has 0 saturated carbocycles. The van der Waals surface area contributed by atoms with Gasteiger partial charge >= 0.3 is 307 Å². The van der Waals surface area contributed by atoms with E-state index in [9.17, 15) is 0 Å². The van der Waals surface area contributed by atoms with Gasteiger partial charge in [-0.2, -0.15) is 0 Å². The summed E-state index contributed by atoms with van der Waals surface area (Å²) in [6, 6.07) is 27.6. The third-order valence-corrected chi connectivity index (χ3v) is 32.5. The number of allylic oxidation sites excluding steroid dienone is 2. The van der Waals surface area contributed by atoms with E-state index < -0.39 is 16.4 Å². The molecule has 6 rings (SSSR count). The molecule has 0 heterocycles. The first-order valence-corrected chi connectivity index (χ1v) is 29.3. The van der Waals surface area contributed by atoms with E-state index in [2.05, 4.69) is 161 Å². The molecular weight excluding hydrogens is 715 g/mol. The van der Waals surface area contributed by atoms with Crippen molar-refractivity contribution in [1.29, 1.82) is 0 Å². The Bertz CT molecular complexity index is 1830. The molecule has 257 valence electrons. The van der Waals surface area contributed by atoms with Crippen molar-refractivity contribution < 1.29 is 16.4 Å². The summed E-state index contributed by atoms with van der Waals surface area (Å²) in [7, 11) is 17.1. The fourth-order valence-corrected chi connectivity index (χ4v) is 27.4. The Kier molecular flexibility index (Phi) is 9.56. The molecule has 0 amide bonds. The quantitative estimate of drug-likeness (QED) is 0.176. The monoisotopic (exact) mass is 767 g/mol. The van der Waals surface area contributed by atoms with Gasteiger partial charge in [-0.1, -0.05) is 0 Å². The van der Waals surface area contributed by atoms with E-state index in [1.54, 1.807) is 0 Å². The van der Waals surface area contributed by atoms with Crippen LogP contribution < -0.4 is 0 Å². The van der Waals surface area contributed by atoms with Gasteiger partial charge in [0.25, 0.3) is 0 Å². The summed E-state index contributed by atoms with van der Waals surface area (Å²) in [5, 5.41) is 0. The van der Waals surface area contributed by atoms with Crippen molar-refractivity contribution in [3.63, 3.8) is 0 Å². The van der Waals surface area contributed by atoms with Crippen molar-refractivity contribution in [2.75, 3.05) is 0 Å². The van der Waals surface area contributed by atoms with Crippen molar-refractivity contribution in [3.05, 3.63) is 128 Å². The Morgan fingerprint density at radius 2 is 0.878 bits per heavy atom. The molecule has 0 aromatic heterocycles. The Hall–Kier alpha value is -2.18. The topological polar surface area (TPSA) is 0 Å². The zero-order valence-corrected chi connectivity index (χ0v) is 35.6. The van der Waals surface area contributed by atoms with Crippen LogP contribution in [0.3, 0.4) is 0 Å². The Labute approximate surface area is 305 Å². The van der Waals surface area contributed by atoms with Crippen molar-refractivity contribution >= 4 is 29.2 Å². The predicted molar refractivity (Wildman–Crippen MR) is 215 cm³/mol. The van der Waals surface area contributed by atoms with Crippen LogP contribution in [0.5, 0.6) is 0 Å². The van der Waals surface area contributed by atoms with E-state index in [0.717, 1.165) is 17.0 Å². The number of benzene rings is 4. The van der Waals surface area contributed by atoms with Crippen LogP contribution in [0.15, 0.2) is 83.9 Å². The fourth-order valence-electron chi connectivity index (χ4n) is 8.81. The molecule has 0 fully saturated rings. The Morgan fingerprint density at radius 3 is 1.16 bits per heavy atom. The first kappa shape index (κ1) is 36.6. The van der Waals surface area contributed by atoms with Crippen molar-refractivity contribution in [2.45, 2.75) is 111 Å². The van der Waals surface area contributed by atoms with Crippen LogP contribution in [-0.4, -0.2) is 0 Å². The number of hydrogen-bond donors (Lipinski definition) is 0. The van der Waals surface area contributed by atoms with E-state index in [4.69, 9.17) is 17.0 Å². The Balaban J connectivity index is 1.54. The molecule has 0 N–H and O–H groups in total. The van der Waals surface area contributed by atoms with Crippen LogP contribution >= 0.6 is 17.0 Å². The summed E-state index contributed by atoms with van der Waals surface area (Å²) in [5.74, 6) is 0. The third-order valence-electron chi connectivity index (χ3n) is 11.8. The zero-order chi connectivity index (χ0) is 35.7. The van der Waals surface area contributed by atoms with Gasteiger partial charge in [0.05, 0.1) is 0 Å². The molecule has 3 heteroatoms. The molecule has 0 radical (unpaired) electrons. The summed E-state index contributed by atoms with van der Waals surface area (Å²) in [5.41, 5.74) is 18.8. The van der Waals surface area contributed by atoms with Crippen LogP contribution in [0.4, 0.5) is 0 Å². The minimum absolute atomic E-state index is 0.0589. The van der Waals surface area contributed by atoms with E-state index in [-0.39, 0.29) is 18.1 Å². The van der Waals surface area contributed by atoms with Crippen LogP contribution in [0.1, 0.15) is 127 Å². The molecule has 0 bridgehead atoms. The van der Waals surface area contributed by atoms with Gasteiger partial charge in [0.15, 0.2) is 0 Å². The summed E-state index contributed by atoms with van der Waals surface area (Å²) in [6.07, 6.45) is 6.82. The second kappa shape index (κ2) is 12.8. The van der Waals surface area contributed by atoms with Gasteiger partial charge in [-0.15, -0.1) is 0 Å². The van der Waals surface area contributed by atoms with Crippen molar-refractivity contribution in [3.8, 4) is 22.3 Å². The first-order valence-electron chi connectivity index (χ1n) is 18.4. The number of fused-ring (bicyclic) bond motifs is 2. The number of hydrogen-bond acceptors (Lipinski definition) is 0. The SMILES string of the molecule is CCC1=Cc2c(-c3ccc(C(C)(C)C)cc3)ccc(C)c2[CH]1[Zr]([Cl])([Cl])([CH2]C)[CH]1C(CC)=Cc2c(-c3ccc(C(C)(C)C)cc3)ccc(C)c21. The molecule has 0 spiro atoms. The summed E-state index contributed by atoms with van der Waals surface area (Å²) in [6.45, 7) is 25.1. The maximum absolute atomic E-state index is 8.57. The van der Waals surface area contributed by atoms with E-state index in [1.807, 2.05) is 0 Å². The maximum atomic E-state index is 8.57. The second-order valence-corrected chi connectivity index (χ2v) is 39.8. The average molecular weight is 770 g/mol. The minimum atomic E-state index is -4.88. The standard InChI is InChI=1S/2C22H25.C2H5.2ClH.Zr/c2*1-6-16-13-20-15(2)7-12-19(21(20)14-16)17-8-10-18(11-9-17)22(3,4)5;1-2;;;/h2*7-14H,6H2,1-5H3;1H2,2H3;2*1H;/q;;;;;+2/p-2. The van der Waals surface area contributed by atoms with Crippen LogP contribution in [0.25, 0.3) is 34.4 Å². The first-order chi connectivity index (χ1) is 22.9. The number of aryl methyl sites for hydroxylation is 2. The van der Waals surface area contributed by atoms with Gasteiger partial charge in [0.1, 0.15) is 0 Å². The molecule has 2 aliphatic rings. The fraction of sp³-hybridized carbons (Fsp3) is 0.391. The molecule has 2 atom stereocenters. The number of rotatable bonds is 7. The van der Waals surface area contributed by atoms with Gasteiger partial charge in [0.2, 0.25) is 0 Å². The van der Waals surface area contributed by atoms with Crippen molar-refractivity contribution in [2.24, 2.45) is 0 Å². The molecule has 4 aromatic carbocycles. The van der Waals surface area contributed by atoms with Gasteiger partial charge < -0.3 is 0 Å². The normalized spacial score (nSPS) is 18.4. The van der Waals surface area contributed by atoms with Gasteiger partial charge in [0, 0.05) is 0 Å². The molecule has 4 aromatic rings. The summed E-state index contributed by atoms with van der Waals surface area (Å²) < 4.78 is 0.938. The van der Waals surface area contributed by atoms with Crippen molar-refractivity contribution in [1.82, 2.24) is 0 Å². The predicted octanol–water partition coefficient (Wildman–Crippen LogP) is 15.1.